The molecule has 148 valence electrons. The highest BCUT2D eigenvalue weighted by Crippen LogP contribution is 2.11. The van der Waals surface area contributed by atoms with Crippen molar-refractivity contribution in [1.29, 1.82) is 0 Å². The Bertz CT molecular complexity index is 1010. The number of benzene rings is 1. The lowest BCUT2D eigenvalue weighted by molar-refractivity contribution is -0.117. The van der Waals surface area contributed by atoms with Crippen LogP contribution in [0.15, 0.2) is 71.1 Å². The second-order valence-electron chi connectivity index (χ2n) is 6.65. The summed E-state index contributed by atoms with van der Waals surface area (Å²) in [5, 5.41) is 5.52. The van der Waals surface area contributed by atoms with Crippen LogP contribution in [0.4, 0.5) is 0 Å². The van der Waals surface area contributed by atoms with Crippen LogP contribution >= 0.6 is 0 Å². The van der Waals surface area contributed by atoms with Gasteiger partial charge in [0.25, 0.3) is 11.8 Å². The Labute approximate surface area is 169 Å². The van der Waals surface area contributed by atoms with E-state index in [1.165, 1.54) is 12.3 Å². The van der Waals surface area contributed by atoms with Gasteiger partial charge in [0.1, 0.15) is 11.5 Å². The summed E-state index contributed by atoms with van der Waals surface area (Å²) in [4.78, 5) is 29.6. The molecule has 0 saturated heterocycles. The molecule has 2 aromatic heterocycles. The van der Waals surface area contributed by atoms with E-state index in [4.69, 9.17) is 4.42 Å². The van der Waals surface area contributed by atoms with Crippen LogP contribution < -0.4 is 10.6 Å². The highest BCUT2D eigenvalue weighted by Gasteiger charge is 2.15. The van der Waals surface area contributed by atoms with Gasteiger partial charge in [-0.05, 0) is 61.4 Å². The van der Waals surface area contributed by atoms with Crippen molar-refractivity contribution in [3.63, 3.8) is 0 Å². The number of nitrogens with zero attached hydrogens (tertiary/aromatic N) is 1. The molecule has 2 amide bonds. The summed E-state index contributed by atoms with van der Waals surface area (Å²) in [5.74, 6) is -0.277. The van der Waals surface area contributed by atoms with Gasteiger partial charge >= 0.3 is 0 Å². The molecule has 2 N–H and O–H groups in total. The van der Waals surface area contributed by atoms with E-state index in [-0.39, 0.29) is 11.6 Å². The lowest BCUT2D eigenvalue weighted by atomic mass is 10.1. The van der Waals surface area contributed by atoms with Crippen LogP contribution in [0.25, 0.3) is 6.08 Å². The Morgan fingerprint density at radius 3 is 2.62 bits per heavy atom. The van der Waals surface area contributed by atoms with Crippen LogP contribution in [0.5, 0.6) is 0 Å². The number of rotatable bonds is 7. The fourth-order valence-corrected chi connectivity index (χ4v) is 2.70. The SMILES string of the molecule is Cc1ccc(C(=O)N/C(=C/c2ccco2)C(=O)NCCc2ccccn2)cc1C. The molecule has 1 aromatic carbocycles. The first kappa shape index (κ1) is 20.1. The molecule has 0 fully saturated rings. The number of nitrogens with one attached hydrogen (secondary N) is 2. The van der Waals surface area contributed by atoms with Gasteiger partial charge in [0.2, 0.25) is 0 Å². The standard InChI is InChI=1S/C23H23N3O3/c1-16-8-9-18(14-17(16)2)22(27)26-21(15-20-7-5-13-29-20)23(28)25-12-10-19-6-3-4-11-24-19/h3-9,11,13-15H,10,12H2,1-2H3,(H,25,28)(H,26,27)/b21-15+. The van der Waals surface area contributed by atoms with Gasteiger partial charge in [-0.15, -0.1) is 0 Å². The summed E-state index contributed by atoms with van der Waals surface area (Å²) in [6.07, 6.45) is 5.32. The maximum absolute atomic E-state index is 12.7. The van der Waals surface area contributed by atoms with Crippen molar-refractivity contribution >= 4 is 17.9 Å². The molecule has 0 saturated carbocycles. The Morgan fingerprint density at radius 2 is 1.93 bits per heavy atom. The molecule has 0 radical (unpaired) electrons. The van der Waals surface area contributed by atoms with Crippen molar-refractivity contribution in [1.82, 2.24) is 15.6 Å². The van der Waals surface area contributed by atoms with E-state index in [0.717, 1.165) is 16.8 Å². The molecule has 0 aliphatic carbocycles. The number of carbonyl (C=O) groups is 2. The first-order valence-corrected chi connectivity index (χ1v) is 9.35. The third-order valence-electron chi connectivity index (χ3n) is 4.48. The minimum Gasteiger partial charge on any atom is -0.465 e. The molecule has 2 heterocycles. The van der Waals surface area contributed by atoms with E-state index >= 15 is 0 Å². The Hall–Kier alpha value is -3.67. The zero-order valence-corrected chi connectivity index (χ0v) is 16.4. The van der Waals surface area contributed by atoms with E-state index < -0.39 is 5.91 Å². The largest absolute Gasteiger partial charge is 0.465 e. The van der Waals surface area contributed by atoms with Gasteiger partial charge in [-0.3, -0.25) is 14.6 Å². The molecule has 0 bridgehead atoms. The lowest BCUT2D eigenvalue weighted by Crippen LogP contribution is -2.35. The van der Waals surface area contributed by atoms with Crippen molar-refractivity contribution in [2.24, 2.45) is 0 Å². The highest BCUT2D eigenvalue weighted by atomic mass is 16.3. The fourth-order valence-electron chi connectivity index (χ4n) is 2.70. The number of pyridine rings is 1. The zero-order chi connectivity index (χ0) is 20.6. The minimum absolute atomic E-state index is 0.115. The maximum atomic E-state index is 12.7. The summed E-state index contributed by atoms with van der Waals surface area (Å²) in [5.41, 5.74) is 3.58. The number of aryl methyl sites for hydroxylation is 2. The molecule has 0 unspecified atom stereocenters. The van der Waals surface area contributed by atoms with E-state index in [1.54, 1.807) is 30.5 Å². The topological polar surface area (TPSA) is 84.2 Å². The second-order valence-corrected chi connectivity index (χ2v) is 6.65. The zero-order valence-electron chi connectivity index (χ0n) is 16.4. The van der Waals surface area contributed by atoms with E-state index in [1.807, 2.05) is 38.1 Å². The van der Waals surface area contributed by atoms with Gasteiger partial charge in [0, 0.05) is 36.5 Å². The fraction of sp³-hybridized carbons (Fsp3) is 0.174. The first-order chi connectivity index (χ1) is 14.0. The smallest absolute Gasteiger partial charge is 0.267 e. The van der Waals surface area contributed by atoms with Crippen molar-refractivity contribution in [3.05, 3.63) is 94.8 Å². The van der Waals surface area contributed by atoms with Crippen LogP contribution in [0.2, 0.25) is 0 Å². The quantitative estimate of drug-likeness (QED) is 0.607. The van der Waals surface area contributed by atoms with Gasteiger partial charge in [-0.1, -0.05) is 12.1 Å². The number of amides is 2. The van der Waals surface area contributed by atoms with Crippen LogP contribution in [-0.2, 0) is 11.2 Å². The average molecular weight is 389 g/mol. The molecule has 29 heavy (non-hydrogen) atoms. The van der Waals surface area contributed by atoms with Gasteiger partial charge in [-0.25, -0.2) is 0 Å². The second kappa shape index (κ2) is 9.50. The molecular formula is C23H23N3O3. The normalized spacial score (nSPS) is 11.2. The van der Waals surface area contributed by atoms with Crippen molar-refractivity contribution in [2.75, 3.05) is 6.54 Å². The summed E-state index contributed by atoms with van der Waals surface area (Å²) >= 11 is 0. The van der Waals surface area contributed by atoms with Gasteiger partial charge < -0.3 is 15.1 Å². The number of carbonyl (C=O) groups excluding carboxylic acids is 2. The summed E-state index contributed by atoms with van der Waals surface area (Å²) in [7, 11) is 0. The van der Waals surface area contributed by atoms with Crippen LogP contribution in [-0.4, -0.2) is 23.3 Å². The third kappa shape index (κ3) is 5.65. The number of hydrogen-bond acceptors (Lipinski definition) is 4. The Balaban J connectivity index is 1.71. The molecule has 6 heteroatoms. The third-order valence-corrected chi connectivity index (χ3v) is 4.48. The Kier molecular flexibility index (Phi) is 6.58. The minimum atomic E-state index is -0.394. The summed E-state index contributed by atoms with van der Waals surface area (Å²) < 4.78 is 5.29. The molecular weight excluding hydrogens is 366 g/mol. The molecule has 3 aromatic rings. The number of aromatic nitrogens is 1. The van der Waals surface area contributed by atoms with E-state index in [0.29, 0.717) is 24.3 Å². The Morgan fingerprint density at radius 1 is 1.07 bits per heavy atom. The predicted octanol–water partition coefficient (Wildman–Crippen LogP) is 3.42. The van der Waals surface area contributed by atoms with Gasteiger partial charge in [-0.2, -0.15) is 0 Å². The van der Waals surface area contributed by atoms with Gasteiger partial charge in [0.15, 0.2) is 0 Å². The molecule has 3 rings (SSSR count). The summed E-state index contributed by atoms with van der Waals surface area (Å²) in [6, 6.07) is 14.5. The van der Waals surface area contributed by atoms with Crippen molar-refractivity contribution < 1.29 is 14.0 Å². The number of furan rings is 1. The first-order valence-electron chi connectivity index (χ1n) is 9.35. The van der Waals surface area contributed by atoms with Crippen LogP contribution in [0.3, 0.4) is 0 Å². The molecule has 0 aliphatic rings. The molecule has 6 nitrogen and oxygen atoms in total. The van der Waals surface area contributed by atoms with Crippen LogP contribution in [0.1, 0.15) is 32.9 Å². The monoisotopic (exact) mass is 389 g/mol. The predicted molar refractivity (Wildman–Crippen MR) is 111 cm³/mol. The van der Waals surface area contributed by atoms with Crippen LogP contribution in [0, 0.1) is 13.8 Å². The number of hydrogen-bond donors (Lipinski definition) is 2. The van der Waals surface area contributed by atoms with Gasteiger partial charge in [0.05, 0.1) is 6.26 Å². The van der Waals surface area contributed by atoms with E-state index in [9.17, 15) is 9.59 Å². The summed E-state index contributed by atoms with van der Waals surface area (Å²) in [6.45, 7) is 4.31. The lowest BCUT2D eigenvalue weighted by Gasteiger charge is -2.11. The van der Waals surface area contributed by atoms with E-state index in [2.05, 4.69) is 15.6 Å². The molecule has 0 aliphatic heterocycles. The molecule has 0 atom stereocenters. The van der Waals surface area contributed by atoms with Crippen molar-refractivity contribution in [3.8, 4) is 0 Å². The highest BCUT2D eigenvalue weighted by molar-refractivity contribution is 6.05. The molecule has 0 spiro atoms. The van der Waals surface area contributed by atoms with Crippen molar-refractivity contribution in [2.45, 2.75) is 20.3 Å². The average Bonchev–Trinajstić information content (AvgIpc) is 3.23. The maximum Gasteiger partial charge on any atom is 0.267 e.